The SMILES string of the molecule is CCOc1ccccc1NC(=O)[C@@H](NS(=O)(=O)c1ccc2c(c1)c(=O)n(C)c(=O)n2C)c1ccccc1. The molecule has 0 saturated carbocycles. The van der Waals surface area contributed by atoms with E-state index in [0.717, 1.165) is 4.57 Å². The summed E-state index contributed by atoms with van der Waals surface area (Å²) in [6.45, 7) is 2.20. The molecule has 0 aliphatic heterocycles. The zero-order valence-electron chi connectivity index (χ0n) is 20.5. The summed E-state index contributed by atoms with van der Waals surface area (Å²) in [5.41, 5.74) is -0.0579. The molecule has 0 fully saturated rings. The maximum Gasteiger partial charge on any atom is 0.330 e. The molecule has 0 saturated heterocycles. The summed E-state index contributed by atoms with van der Waals surface area (Å²) in [6, 6.07) is 17.8. The van der Waals surface area contributed by atoms with Crippen LogP contribution in [0.1, 0.15) is 18.5 Å². The van der Waals surface area contributed by atoms with Crippen molar-refractivity contribution in [1.82, 2.24) is 13.9 Å². The maximum atomic E-state index is 13.4. The van der Waals surface area contributed by atoms with Gasteiger partial charge < -0.3 is 10.1 Å². The molecule has 11 heteroatoms. The number of ether oxygens (including phenoxy) is 1. The fourth-order valence-electron chi connectivity index (χ4n) is 3.94. The van der Waals surface area contributed by atoms with Gasteiger partial charge in [0, 0.05) is 14.1 Å². The molecule has 0 bridgehead atoms. The highest BCUT2D eigenvalue weighted by atomic mass is 32.2. The maximum absolute atomic E-state index is 13.4. The molecule has 2 N–H and O–H groups in total. The van der Waals surface area contributed by atoms with Crippen molar-refractivity contribution >= 4 is 32.5 Å². The molecule has 0 aliphatic carbocycles. The smallest absolute Gasteiger partial charge is 0.330 e. The summed E-state index contributed by atoms with van der Waals surface area (Å²) in [5.74, 6) is -0.176. The van der Waals surface area contributed by atoms with Crippen LogP contribution in [0.3, 0.4) is 0 Å². The third-order valence-electron chi connectivity index (χ3n) is 5.86. The Kier molecular flexibility index (Phi) is 7.28. The molecule has 0 aliphatic rings. The highest BCUT2D eigenvalue weighted by Crippen LogP contribution is 2.26. The largest absolute Gasteiger partial charge is 0.492 e. The number of carbonyl (C=O) groups is 1. The molecule has 1 aromatic heterocycles. The van der Waals surface area contributed by atoms with Crippen molar-refractivity contribution in [1.29, 1.82) is 0 Å². The second kappa shape index (κ2) is 10.4. The van der Waals surface area contributed by atoms with Crippen LogP contribution in [-0.2, 0) is 28.9 Å². The Morgan fingerprint density at radius 2 is 1.62 bits per heavy atom. The van der Waals surface area contributed by atoms with Crippen molar-refractivity contribution in [3.63, 3.8) is 0 Å². The molecule has 1 atom stereocenters. The first-order valence-electron chi connectivity index (χ1n) is 11.4. The van der Waals surface area contributed by atoms with Crippen LogP contribution >= 0.6 is 0 Å². The van der Waals surface area contributed by atoms with Gasteiger partial charge in [-0.2, -0.15) is 4.72 Å². The van der Waals surface area contributed by atoms with Gasteiger partial charge in [-0.3, -0.25) is 18.7 Å². The number of anilines is 1. The van der Waals surface area contributed by atoms with Gasteiger partial charge in [0.1, 0.15) is 11.8 Å². The molecule has 3 aromatic carbocycles. The number of benzene rings is 3. The van der Waals surface area contributed by atoms with Gasteiger partial charge in [-0.05, 0) is 42.8 Å². The Morgan fingerprint density at radius 1 is 0.946 bits per heavy atom. The number of hydrogen-bond donors (Lipinski definition) is 2. The summed E-state index contributed by atoms with van der Waals surface area (Å²) >= 11 is 0. The van der Waals surface area contributed by atoms with Gasteiger partial charge in [-0.1, -0.05) is 42.5 Å². The summed E-state index contributed by atoms with van der Waals surface area (Å²) in [7, 11) is -1.48. The van der Waals surface area contributed by atoms with Crippen LogP contribution < -0.4 is 26.0 Å². The minimum Gasteiger partial charge on any atom is -0.492 e. The molecule has 10 nitrogen and oxygen atoms in total. The van der Waals surface area contributed by atoms with Gasteiger partial charge in [-0.25, -0.2) is 13.2 Å². The first kappa shape index (κ1) is 25.9. The van der Waals surface area contributed by atoms with Gasteiger partial charge in [0.05, 0.1) is 28.1 Å². The molecule has 37 heavy (non-hydrogen) atoms. The lowest BCUT2D eigenvalue weighted by atomic mass is 10.1. The van der Waals surface area contributed by atoms with Crippen molar-refractivity contribution in [3.05, 3.63) is 99.2 Å². The molecule has 192 valence electrons. The minimum atomic E-state index is -4.29. The lowest BCUT2D eigenvalue weighted by Crippen LogP contribution is -2.38. The van der Waals surface area contributed by atoms with Gasteiger partial charge >= 0.3 is 5.69 Å². The first-order chi connectivity index (χ1) is 17.6. The lowest BCUT2D eigenvalue weighted by molar-refractivity contribution is -0.117. The highest BCUT2D eigenvalue weighted by Gasteiger charge is 2.28. The fraction of sp³-hybridized carbons (Fsp3) is 0.192. The molecule has 0 unspecified atom stereocenters. The van der Waals surface area contributed by atoms with Gasteiger partial charge in [0.15, 0.2) is 0 Å². The number of carbonyl (C=O) groups excluding carboxylic acids is 1. The average molecular weight is 523 g/mol. The number of rotatable bonds is 8. The van der Waals surface area contributed by atoms with E-state index in [1.807, 2.05) is 6.92 Å². The number of para-hydroxylation sites is 2. The van der Waals surface area contributed by atoms with Gasteiger partial charge in [0.25, 0.3) is 5.56 Å². The number of nitrogens with zero attached hydrogens (tertiary/aromatic N) is 2. The number of aromatic nitrogens is 2. The topological polar surface area (TPSA) is 128 Å². The molecule has 1 amide bonds. The van der Waals surface area contributed by atoms with E-state index < -0.39 is 33.2 Å². The lowest BCUT2D eigenvalue weighted by Gasteiger charge is -2.20. The predicted octanol–water partition coefficient (Wildman–Crippen LogP) is 2.29. The van der Waals surface area contributed by atoms with Crippen LogP contribution in [-0.4, -0.2) is 30.1 Å². The van der Waals surface area contributed by atoms with E-state index in [1.165, 1.54) is 36.9 Å². The fourth-order valence-corrected chi connectivity index (χ4v) is 5.15. The zero-order chi connectivity index (χ0) is 26.7. The summed E-state index contributed by atoms with van der Waals surface area (Å²) in [4.78, 5) is 38.1. The quantitative estimate of drug-likeness (QED) is 0.365. The van der Waals surface area contributed by atoms with Crippen LogP contribution in [0, 0.1) is 0 Å². The van der Waals surface area contributed by atoms with E-state index >= 15 is 0 Å². The van der Waals surface area contributed by atoms with Crippen LogP contribution in [0.4, 0.5) is 5.69 Å². The van der Waals surface area contributed by atoms with Crippen LogP contribution in [0.2, 0.25) is 0 Å². The molecule has 0 radical (unpaired) electrons. The molecular weight excluding hydrogens is 496 g/mol. The predicted molar refractivity (Wildman–Crippen MR) is 140 cm³/mol. The Balaban J connectivity index is 1.74. The highest BCUT2D eigenvalue weighted by molar-refractivity contribution is 7.89. The van der Waals surface area contributed by atoms with Gasteiger partial charge in [-0.15, -0.1) is 0 Å². The first-order valence-corrected chi connectivity index (χ1v) is 12.9. The van der Waals surface area contributed by atoms with Crippen molar-refractivity contribution in [2.45, 2.75) is 17.9 Å². The van der Waals surface area contributed by atoms with Crippen molar-refractivity contribution in [2.75, 3.05) is 11.9 Å². The van der Waals surface area contributed by atoms with E-state index in [2.05, 4.69) is 10.0 Å². The van der Waals surface area contributed by atoms with Crippen LogP contribution in [0.5, 0.6) is 5.75 Å². The number of aryl methyl sites for hydroxylation is 1. The van der Waals surface area contributed by atoms with E-state index in [1.54, 1.807) is 54.6 Å². The number of fused-ring (bicyclic) bond motifs is 1. The molecule has 0 spiro atoms. The Morgan fingerprint density at radius 3 is 2.32 bits per heavy atom. The second-order valence-corrected chi connectivity index (χ2v) is 9.98. The average Bonchev–Trinajstić information content (AvgIpc) is 2.90. The molecular formula is C26H26N4O6S. The van der Waals surface area contributed by atoms with E-state index in [0.29, 0.717) is 23.6 Å². The summed E-state index contributed by atoms with van der Waals surface area (Å²) < 4.78 is 37.1. The monoisotopic (exact) mass is 522 g/mol. The van der Waals surface area contributed by atoms with E-state index in [-0.39, 0.29) is 15.8 Å². The van der Waals surface area contributed by atoms with Crippen molar-refractivity contribution < 1.29 is 17.9 Å². The zero-order valence-corrected chi connectivity index (χ0v) is 21.3. The van der Waals surface area contributed by atoms with Crippen LogP contribution in [0.25, 0.3) is 10.9 Å². The van der Waals surface area contributed by atoms with Crippen molar-refractivity contribution in [3.8, 4) is 5.75 Å². The second-order valence-electron chi connectivity index (χ2n) is 8.27. The number of amides is 1. The van der Waals surface area contributed by atoms with Crippen LogP contribution in [0.15, 0.2) is 87.3 Å². The Hall–Kier alpha value is -4.22. The van der Waals surface area contributed by atoms with E-state index in [9.17, 15) is 22.8 Å². The van der Waals surface area contributed by atoms with E-state index in [4.69, 9.17) is 4.74 Å². The normalized spacial score (nSPS) is 12.3. The standard InChI is InChI=1S/C26H26N4O6S/c1-4-36-22-13-9-8-12-20(22)27-24(31)23(17-10-6-5-7-11-17)28-37(34,35)18-14-15-21-19(16-18)25(32)30(3)26(33)29(21)2/h5-16,23,28H,4H2,1-3H3,(H,27,31)/t23-/m0/s1. The molecule has 1 heterocycles. The van der Waals surface area contributed by atoms with Crippen molar-refractivity contribution in [2.24, 2.45) is 14.1 Å². The Labute approximate surface area is 213 Å². The third kappa shape index (κ3) is 5.18. The summed E-state index contributed by atoms with van der Waals surface area (Å²) in [6.07, 6.45) is 0. The summed E-state index contributed by atoms with van der Waals surface area (Å²) in [5, 5.41) is 2.80. The number of hydrogen-bond acceptors (Lipinski definition) is 6. The molecule has 4 aromatic rings. The Bertz CT molecular complexity index is 1690. The number of nitrogens with one attached hydrogen (secondary N) is 2. The number of sulfonamides is 1. The third-order valence-corrected chi connectivity index (χ3v) is 7.28. The minimum absolute atomic E-state index is 0.0545. The molecule has 4 rings (SSSR count). The van der Waals surface area contributed by atoms with Gasteiger partial charge in [0.2, 0.25) is 15.9 Å².